The lowest BCUT2D eigenvalue weighted by Crippen LogP contribution is -2.01. The Morgan fingerprint density at radius 2 is 1.52 bits per heavy atom. The third-order valence-electron chi connectivity index (χ3n) is 5.29. The molecule has 0 fully saturated rings. The number of hydrogen-bond donors (Lipinski definition) is 1. The van der Waals surface area contributed by atoms with Crippen LogP contribution in [0.5, 0.6) is 0 Å². The van der Waals surface area contributed by atoms with Gasteiger partial charge in [0.2, 0.25) is 4.77 Å². The number of hydrogen-bond acceptors (Lipinski definition) is 3. The highest BCUT2D eigenvalue weighted by Crippen LogP contribution is 2.21. The third kappa shape index (κ3) is 4.09. The molecule has 31 heavy (non-hydrogen) atoms. The summed E-state index contributed by atoms with van der Waals surface area (Å²) < 4.78 is 2.18. The fourth-order valence-electron chi connectivity index (χ4n) is 3.69. The Morgan fingerprint density at radius 1 is 0.806 bits per heavy atom. The van der Waals surface area contributed by atoms with Crippen LogP contribution in [0.2, 0.25) is 0 Å². The van der Waals surface area contributed by atoms with Crippen LogP contribution in [0.25, 0.3) is 21.9 Å². The van der Waals surface area contributed by atoms with E-state index < -0.39 is 0 Å². The third-order valence-corrected chi connectivity index (χ3v) is 5.55. The Morgan fingerprint density at radius 3 is 2.35 bits per heavy atom. The Kier molecular flexibility index (Phi) is 5.25. The van der Waals surface area contributed by atoms with Gasteiger partial charge in [-0.1, -0.05) is 97.1 Å². The molecule has 5 heteroatoms. The van der Waals surface area contributed by atoms with Gasteiger partial charge >= 0.3 is 0 Å². The minimum Gasteiger partial charge on any atom is -0.250 e. The summed E-state index contributed by atoms with van der Waals surface area (Å²) in [5, 5.41) is 14.3. The minimum atomic E-state index is 0.479. The maximum absolute atomic E-state index is 5.42. The van der Waals surface area contributed by atoms with E-state index in [4.69, 9.17) is 12.2 Å². The molecular weight excluding hydrogens is 400 g/mol. The molecule has 0 saturated heterocycles. The first-order chi connectivity index (χ1) is 15.3. The summed E-state index contributed by atoms with van der Waals surface area (Å²) in [6, 6.07) is 33.3. The van der Waals surface area contributed by atoms with Crippen LogP contribution in [0.15, 0.2) is 102 Å². The first-order valence-corrected chi connectivity index (χ1v) is 10.5. The summed E-state index contributed by atoms with van der Waals surface area (Å²) in [6.07, 6.45) is 2.45. The predicted octanol–water partition coefficient (Wildman–Crippen LogP) is 6.23. The molecule has 0 aliphatic carbocycles. The molecule has 4 aromatic carbocycles. The van der Waals surface area contributed by atoms with Gasteiger partial charge in [0.05, 0.1) is 6.21 Å². The van der Waals surface area contributed by atoms with Crippen molar-refractivity contribution in [2.24, 2.45) is 5.10 Å². The number of aromatic nitrogens is 3. The van der Waals surface area contributed by atoms with Crippen LogP contribution in [0, 0.1) is 4.77 Å². The summed E-state index contributed by atoms with van der Waals surface area (Å²) in [4.78, 5) is 0. The Balaban J connectivity index is 1.41. The second-order valence-electron chi connectivity index (χ2n) is 7.30. The molecule has 4 nitrogen and oxygen atoms in total. The quantitative estimate of drug-likeness (QED) is 0.270. The molecular formula is C26H20N4S. The molecule has 1 N–H and O–H groups in total. The molecule has 0 spiro atoms. The number of nitrogens with one attached hydrogen (secondary N) is 1. The molecule has 0 aliphatic heterocycles. The largest absolute Gasteiger partial charge is 0.250 e. The zero-order valence-electron chi connectivity index (χ0n) is 16.8. The summed E-state index contributed by atoms with van der Waals surface area (Å²) in [6.45, 7) is 0. The smallest absolute Gasteiger partial charge is 0.216 e. The van der Waals surface area contributed by atoms with Gasteiger partial charge in [-0.3, -0.25) is 5.10 Å². The van der Waals surface area contributed by atoms with Gasteiger partial charge in [0.1, 0.15) is 0 Å². The summed E-state index contributed by atoms with van der Waals surface area (Å²) in [7, 11) is 0. The number of benzene rings is 4. The number of rotatable bonds is 5. The molecule has 0 saturated carbocycles. The molecule has 5 rings (SSSR count). The maximum atomic E-state index is 5.42. The van der Waals surface area contributed by atoms with Crippen molar-refractivity contribution in [3.8, 4) is 11.1 Å². The first-order valence-electron chi connectivity index (χ1n) is 10.1. The van der Waals surface area contributed by atoms with Crippen molar-refractivity contribution in [2.45, 2.75) is 6.42 Å². The fraction of sp³-hybridized carbons (Fsp3) is 0.0385. The highest BCUT2D eigenvalue weighted by Gasteiger charge is 2.09. The van der Waals surface area contributed by atoms with Crippen molar-refractivity contribution in [2.75, 3.05) is 0 Å². The van der Waals surface area contributed by atoms with Crippen molar-refractivity contribution < 1.29 is 0 Å². The van der Waals surface area contributed by atoms with Gasteiger partial charge in [-0.25, -0.2) is 0 Å². The lowest BCUT2D eigenvalue weighted by Gasteiger charge is -2.06. The van der Waals surface area contributed by atoms with Crippen molar-refractivity contribution >= 4 is 29.2 Å². The Labute approximate surface area is 185 Å². The summed E-state index contributed by atoms with van der Waals surface area (Å²) in [5.41, 5.74) is 4.56. The molecule has 0 atom stereocenters. The molecule has 0 aliphatic rings. The van der Waals surface area contributed by atoms with Crippen molar-refractivity contribution in [3.63, 3.8) is 0 Å². The second kappa shape index (κ2) is 8.50. The standard InChI is InChI=1S/C26H20N4S/c31-26-29-28-25(17-23-11-6-10-22-9-4-5-12-24(22)23)30(26)27-18-19-13-15-21(16-14-19)20-7-2-1-3-8-20/h1-16,18H,17H2,(H,29,31). The molecule has 0 unspecified atom stereocenters. The molecule has 5 aromatic rings. The lowest BCUT2D eigenvalue weighted by molar-refractivity contribution is 0.793. The van der Waals surface area contributed by atoms with E-state index in [1.165, 1.54) is 27.5 Å². The lowest BCUT2D eigenvalue weighted by atomic mass is 10.0. The maximum Gasteiger partial charge on any atom is 0.216 e. The van der Waals surface area contributed by atoms with Gasteiger partial charge < -0.3 is 0 Å². The average molecular weight is 421 g/mol. The highest BCUT2D eigenvalue weighted by atomic mass is 32.1. The van der Waals surface area contributed by atoms with Crippen LogP contribution >= 0.6 is 12.2 Å². The minimum absolute atomic E-state index is 0.479. The van der Waals surface area contributed by atoms with Crippen LogP contribution in [0.4, 0.5) is 0 Å². The van der Waals surface area contributed by atoms with Crippen molar-refractivity contribution in [1.82, 2.24) is 14.9 Å². The molecule has 0 bridgehead atoms. The van der Waals surface area contributed by atoms with Gasteiger partial charge in [0.15, 0.2) is 5.82 Å². The monoisotopic (exact) mass is 420 g/mol. The summed E-state index contributed by atoms with van der Waals surface area (Å²) >= 11 is 5.42. The van der Waals surface area contributed by atoms with Crippen LogP contribution in [0.3, 0.4) is 0 Å². The normalized spacial score (nSPS) is 11.4. The van der Waals surface area contributed by atoms with Gasteiger partial charge in [0, 0.05) is 6.42 Å². The Bertz CT molecular complexity index is 1410. The zero-order valence-corrected chi connectivity index (χ0v) is 17.6. The Hall–Kier alpha value is -3.83. The van der Waals surface area contributed by atoms with Crippen molar-refractivity contribution in [3.05, 3.63) is 119 Å². The van der Waals surface area contributed by atoms with E-state index in [0.717, 1.165) is 11.4 Å². The average Bonchev–Trinajstić information content (AvgIpc) is 3.18. The van der Waals surface area contributed by atoms with Gasteiger partial charge in [-0.05, 0) is 45.2 Å². The van der Waals surface area contributed by atoms with Gasteiger partial charge in [0.25, 0.3) is 0 Å². The van der Waals surface area contributed by atoms with E-state index in [-0.39, 0.29) is 0 Å². The number of fused-ring (bicyclic) bond motifs is 1. The molecule has 1 heterocycles. The molecule has 150 valence electrons. The van der Waals surface area contributed by atoms with Gasteiger partial charge in [-0.2, -0.15) is 14.9 Å². The molecule has 0 amide bonds. The number of aromatic amines is 1. The topological polar surface area (TPSA) is 46.0 Å². The number of nitrogens with zero attached hydrogens (tertiary/aromatic N) is 3. The van der Waals surface area contributed by atoms with Crippen LogP contribution in [-0.4, -0.2) is 21.1 Å². The second-order valence-corrected chi connectivity index (χ2v) is 7.69. The van der Waals surface area contributed by atoms with E-state index in [1.54, 1.807) is 4.68 Å². The van der Waals surface area contributed by atoms with Crippen LogP contribution in [-0.2, 0) is 6.42 Å². The van der Waals surface area contributed by atoms with E-state index in [1.807, 2.05) is 24.4 Å². The molecule has 1 aromatic heterocycles. The van der Waals surface area contributed by atoms with E-state index >= 15 is 0 Å². The predicted molar refractivity (Wildman–Crippen MR) is 129 cm³/mol. The summed E-state index contributed by atoms with van der Waals surface area (Å²) in [5.74, 6) is 0.776. The van der Waals surface area contributed by atoms with Crippen LogP contribution < -0.4 is 0 Å². The van der Waals surface area contributed by atoms with Gasteiger partial charge in [-0.15, -0.1) is 0 Å². The van der Waals surface area contributed by atoms with E-state index in [9.17, 15) is 0 Å². The van der Waals surface area contributed by atoms with Crippen molar-refractivity contribution in [1.29, 1.82) is 0 Å². The van der Waals surface area contributed by atoms with Crippen LogP contribution in [0.1, 0.15) is 17.0 Å². The highest BCUT2D eigenvalue weighted by molar-refractivity contribution is 7.71. The fourth-order valence-corrected chi connectivity index (χ4v) is 3.89. The molecule has 0 radical (unpaired) electrons. The first kappa shape index (κ1) is 19.2. The number of H-pyrrole nitrogens is 1. The zero-order chi connectivity index (χ0) is 21.0. The SMILES string of the molecule is S=c1[nH]nc(Cc2cccc3ccccc23)n1N=Cc1ccc(-c2ccccc2)cc1. The van der Waals surface area contributed by atoms with E-state index in [0.29, 0.717) is 11.2 Å². The van der Waals surface area contributed by atoms with E-state index in [2.05, 4.69) is 94.2 Å².